The summed E-state index contributed by atoms with van der Waals surface area (Å²) in [5, 5.41) is 46.2. The molecule has 19 heavy (non-hydrogen) atoms. The monoisotopic (exact) mass is 356 g/mol. The topological polar surface area (TPSA) is 123 Å². The summed E-state index contributed by atoms with van der Waals surface area (Å²) in [7, 11) is 0. The van der Waals surface area contributed by atoms with Gasteiger partial charge < -0.3 is 24.8 Å². The van der Waals surface area contributed by atoms with Crippen LogP contribution in [-0.4, -0.2) is 74.3 Å². The molecule has 0 spiro atoms. The molecular formula is C10H21NO7Y. The molecule has 0 aromatic rings. The first kappa shape index (κ1) is 19.8. The maximum absolute atomic E-state index is 9.70. The third-order valence-electron chi connectivity index (χ3n) is 2.69. The van der Waals surface area contributed by atoms with Gasteiger partial charge in [-0.3, -0.25) is 10.4 Å². The molecule has 8 nitrogen and oxygen atoms in total. The second-order valence-corrected chi connectivity index (χ2v) is 4.58. The average molecular weight is 356 g/mol. The molecule has 9 heteroatoms. The quantitative estimate of drug-likeness (QED) is 0.385. The Morgan fingerprint density at radius 2 is 1.68 bits per heavy atom. The number of aliphatic hydroxyl groups is 3. The number of hydrogen-bond donors (Lipinski definition) is 5. The van der Waals surface area contributed by atoms with Gasteiger partial charge in [0, 0.05) is 32.7 Å². The molecule has 0 saturated carbocycles. The smallest absolute Gasteiger partial charge is 0.186 e. The first-order chi connectivity index (χ1) is 8.32. The van der Waals surface area contributed by atoms with Crippen LogP contribution in [0.3, 0.4) is 0 Å². The van der Waals surface area contributed by atoms with E-state index in [1.165, 1.54) is 0 Å². The third-order valence-corrected chi connectivity index (χ3v) is 2.69. The van der Waals surface area contributed by atoms with Gasteiger partial charge in [0.25, 0.3) is 0 Å². The van der Waals surface area contributed by atoms with Crippen molar-refractivity contribution in [2.45, 2.75) is 57.1 Å². The van der Waals surface area contributed by atoms with Gasteiger partial charge in [-0.05, 0) is 20.3 Å². The number of hydrogen-bond acceptors (Lipinski definition) is 8. The summed E-state index contributed by atoms with van der Waals surface area (Å²) in [4.78, 5) is 0. The summed E-state index contributed by atoms with van der Waals surface area (Å²) in [5.41, 5.74) is 0. The Labute approximate surface area is 136 Å². The summed E-state index contributed by atoms with van der Waals surface area (Å²) >= 11 is 0. The first-order valence-electron chi connectivity index (χ1n) is 5.83. The van der Waals surface area contributed by atoms with E-state index in [9.17, 15) is 15.3 Å². The summed E-state index contributed by atoms with van der Waals surface area (Å²) in [6.45, 7) is 3.32. The summed E-state index contributed by atoms with van der Waals surface area (Å²) in [6.07, 6.45) is -6.13. The number of rotatable bonds is 5. The Balaban J connectivity index is 0.00000324. The zero-order chi connectivity index (χ0) is 13.9. The van der Waals surface area contributed by atoms with Crippen LogP contribution in [0.4, 0.5) is 0 Å². The van der Waals surface area contributed by atoms with E-state index in [0.29, 0.717) is 0 Å². The van der Waals surface area contributed by atoms with Gasteiger partial charge in [0.05, 0.1) is 18.8 Å². The van der Waals surface area contributed by atoms with E-state index in [4.69, 9.17) is 19.9 Å². The molecular weight excluding hydrogens is 335 g/mol. The van der Waals surface area contributed by atoms with Crippen LogP contribution in [0.25, 0.3) is 0 Å². The molecule has 5 atom stereocenters. The van der Waals surface area contributed by atoms with Crippen LogP contribution in [0.1, 0.15) is 20.3 Å². The Hall–Kier alpha value is 0.784. The summed E-state index contributed by atoms with van der Waals surface area (Å²) < 4.78 is 10.6. The van der Waals surface area contributed by atoms with Crippen molar-refractivity contribution in [2.24, 2.45) is 0 Å². The molecule has 1 aliphatic rings. The fraction of sp³-hybridized carbons (Fsp3) is 1.00. The van der Waals surface area contributed by atoms with Gasteiger partial charge in [-0.1, -0.05) is 5.23 Å². The number of hydroxylamine groups is 2. The molecule has 0 amide bonds. The minimum Gasteiger partial charge on any atom is -0.388 e. The summed E-state index contributed by atoms with van der Waals surface area (Å²) in [5.74, 6) is 0. The minimum absolute atomic E-state index is 0. The zero-order valence-electron chi connectivity index (χ0n) is 11.0. The molecule has 0 bridgehead atoms. The largest absolute Gasteiger partial charge is 0.388 e. The Bertz CT molecular complexity index is 254. The molecule has 1 aliphatic heterocycles. The fourth-order valence-corrected chi connectivity index (χ4v) is 1.78. The van der Waals surface area contributed by atoms with Crippen molar-refractivity contribution in [2.75, 3.05) is 6.54 Å². The van der Waals surface area contributed by atoms with Crippen LogP contribution in [0.5, 0.6) is 0 Å². The van der Waals surface area contributed by atoms with Crippen molar-refractivity contribution in [3.05, 3.63) is 0 Å². The Morgan fingerprint density at radius 3 is 2.16 bits per heavy atom. The van der Waals surface area contributed by atoms with Crippen molar-refractivity contribution in [3.63, 3.8) is 0 Å². The van der Waals surface area contributed by atoms with Crippen LogP contribution in [0, 0.1) is 0 Å². The van der Waals surface area contributed by atoms with Crippen LogP contribution < -0.4 is 0 Å². The van der Waals surface area contributed by atoms with E-state index in [1.54, 1.807) is 13.8 Å². The van der Waals surface area contributed by atoms with Crippen molar-refractivity contribution in [1.29, 1.82) is 0 Å². The molecule has 1 radical (unpaired) electrons. The van der Waals surface area contributed by atoms with Gasteiger partial charge in [-0.15, -0.1) is 0 Å². The second-order valence-electron chi connectivity index (χ2n) is 4.58. The molecule has 5 N–H and O–H groups in total. The number of nitrogens with zero attached hydrogens (tertiary/aromatic N) is 1. The Morgan fingerprint density at radius 1 is 1.11 bits per heavy atom. The van der Waals surface area contributed by atoms with Gasteiger partial charge >= 0.3 is 0 Å². The molecule has 0 aromatic carbocycles. The van der Waals surface area contributed by atoms with Crippen molar-refractivity contribution < 1.29 is 67.9 Å². The van der Waals surface area contributed by atoms with Crippen LogP contribution in [-0.2, 0) is 42.2 Å². The SMILES string of the molecule is CC(C)O[C@H]1OC(CCN(O)O)[C@@H](O)C(O)C1O.[Y]. The normalized spacial score (nSPS) is 35.5. The van der Waals surface area contributed by atoms with E-state index in [0.717, 1.165) is 0 Å². The third kappa shape index (κ3) is 5.96. The molecule has 1 saturated heterocycles. The summed E-state index contributed by atoms with van der Waals surface area (Å²) in [6, 6.07) is 0. The number of aliphatic hydroxyl groups excluding tert-OH is 3. The van der Waals surface area contributed by atoms with Gasteiger partial charge in [0.2, 0.25) is 0 Å². The van der Waals surface area contributed by atoms with Crippen LogP contribution >= 0.6 is 0 Å². The van der Waals surface area contributed by atoms with E-state index in [-0.39, 0.29) is 57.0 Å². The van der Waals surface area contributed by atoms with Crippen molar-refractivity contribution in [3.8, 4) is 0 Å². The predicted octanol–water partition coefficient (Wildman–Crippen LogP) is -1.31. The molecule has 1 rings (SSSR count). The van der Waals surface area contributed by atoms with Crippen LogP contribution in [0.2, 0.25) is 0 Å². The number of ether oxygens (including phenoxy) is 2. The second kappa shape index (κ2) is 8.94. The molecule has 1 fully saturated rings. The van der Waals surface area contributed by atoms with Gasteiger partial charge in [-0.2, -0.15) is 0 Å². The average Bonchev–Trinajstić information content (AvgIpc) is 2.27. The maximum Gasteiger partial charge on any atom is 0.186 e. The standard InChI is InChI=1S/C10H21NO7.Y/c1-5(2)17-10-9(14)8(13)7(12)6(18-10)3-4-11(15)16;/h5-10,12-16H,3-4H2,1-2H3;/t6?,7-,8?,9?,10+;/m1./s1. The fourth-order valence-electron chi connectivity index (χ4n) is 1.78. The molecule has 3 unspecified atom stereocenters. The minimum atomic E-state index is -1.40. The van der Waals surface area contributed by atoms with E-state index >= 15 is 0 Å². The predicted molar refractivity (Wildman–Crippen MR) is 57.8 cm³/mol. The molecule has 0 aromatic heterocycles. The molecule has 111 valence electrons. The molecule has 0 aliphatic carbocycles. The van der Waals surface area contributed by atoms with Crippen molar-refractivity contribution >= 4 is 0 Å². The van der Waals surface area contributed by atoms with E-state index in [1.807, 2.05) is 0 Å². The van der Waals surface area contributed by atoms with Crippen molar-refractivity contribution in [1.82, 2.24) is 5.23 Å². The van der Waals surface area contributed by atoms with Crippen LogP contribution in [0.15, 0.2) is 0 Å². The first-order valence-corrected chi connectivity index (χ1v) is 5.83. The Kier molecular flexibility index (Phi) is 9.30. The zero-order valence-corrected chi connectivity index (χ0v) is 13.8. The van der Waals surface area contributed by atoms with Gasteiger partial charge in [0.1, 0.15) is 18.3 Å². The van der Waals surface area contributed by atoms with E-state index < -0.39 is 30.7 Å². The molecule has 1 heterocycles. The van der Waals surface area contributed by atoms with E-state index in [2.05, 4.69) is 0 Å². The van der Waals surface area contributed by atoms with Gasteiger partial charge in [-0.25, -0.2) is 0 Å². The maximum atomic E-state index is 9.70. The van der Waals surface area contributed by atoms with Gasteiger partial charge in [0.15, 0.2) is 6.29 Å².